The van der Waals surface area contributed by atoms with Gasteiger partial charge in [-0.2, -0.15) is 0 Å². The Hall–Kier alpha value is -3.16. The standard InChI is InChI=1S/C19H22N2O6/c1-4-16(19(24)20-17-11-12(2)27-21-17)26-18(23)9-10-25-15-7-5-14(6-8-15)13(3)22/h5-8,11,16H,4,9-10H2,1-3H3,(H,20,21,24). The number of anilines is 1. The molecule has 1 aromatic carbocycles. The molecule has 1 heterocycles. The molecule has 0 aliphatic heterocycles. The minimum Gasteiger partial charge on any atom is -0.493 e. The second-order valence-corrected chi connectivity index (χ2v) is 5.88. The predicted octanol–water partition coefficient (Wildman–Crippen LogP) is 2.92. The Morgan fingerprint density at radius 1 is 1.22 bits per heavy atom. The van der Waals surface area contributed by atoms with Crippen LogP contribution in [0.1, 0.15) is 42.8 Å². The van der Waals surface area contributed by atoms with E-state index in [9.17, 15) is 14.4 Å². The van der Waals surface area contributed by atoms with Crippen LogP contribution in [0, 0.1) is 6.92 Å². The number of ether oxygens (including phenoxy) is 2. The smallest absolute Gasteiger partial charge is 0.310 e. The van der Waals surface area contributed by atoms with E-state index in [0.717, 1.165) is 0 Å². The van der Waals surface area contributed by atoms with Crippen molar-refractivity contribution in [2.24, 2.45) is 0 Å². The molecule has 2 rings (SSSR count). The van der Waals surface area contributed by atoms with Crippen molar-refractivity contribution in [2.75, 3.05) is 11.9 Å². The average Bonchev–Trinajstić information content (AvgIpc) is 3.04. The minimum absolute atomic E-state index is 0.0126. The third-order valence-electron chi connectivity index (χ3n) is 3.65. The molecule has 0 radical (unpaired) electrons. The number of carbonyl (C=O) groups excluding carboxylic acids is 3. The molecule has 0 saturated carbocycles. The first-order valence-electron chi connectivity index (χ1n) is 8.56. The van der Waals surface area contributed by atoms with Crippen molar-refractivity contribution in [3.63, 3.8) is 0 Å². The number of amides is 1. The monoisotopic (exact) mass is 374 g/mol. The average molecular weight is 374 g/mol. The van der Waals surface area contributed by atoms with E-state index >= 15 is 0 Å². The molecule has 8 heteroatoms. The molecule has 1 aromatic heterocycles. The van der Waals surface area contributed by atoms with E-state index in [4.69, 9.17) is 14.0 Å². The number of hydrogen-bond donors (Lipinski definition) is 1. The van der Waals surface area contributed by atoms with Crippen LogP contribution in [0.2, 0.25) is 0 Å². The SMILES string of the molecule is CCC(OC(=O)CCOc1ccc(C(C)=O)cc1)C(=O)Nc1cc(C)on1. The van der Waals surface area contributed by atoms with E-state index in [1.165, 1.54) is 6.92 Å². The molecule has 1 N–H and O–H groups in total. The van der Waals surface area contributed by atoms with Crippen LogP contribution in [0.25, 0.3) is 0 Å². The van der Waals surface area contributed by atoms with Gasteiger partial charge in [-0.3, -0.25) is 14.4 Å². The summed E-state index contributed by atoms with van der Waals surface area (Å²) in [5.41, 5.74) is 0.584. The first-order chi connectivity index (χ1) is 12.9. The van der Waals surface area contributed by atoms with Gasteiger partial charge < -0.3 is 19.3 Å². The van der Waals surface area contributed by atoms with Crippen LogP contribution in [0.5, 0.6) is 5.75 Å². The largest absolute Gasteiger partial charge is 0.493 e. The highest BCUT2D eigenvalue weighted by molar-refractivity contribution is 5.94. The van der Waals surface area contributed by atoms with E-state index < -0.39 is 18.0 Å². The third-order valence-corrected chi connectivity index (χ3v) is 3.65. The van der Waals surface area contributed by atoms with Crippen molar-refractivity contribution in [1.29, 1.82) is 0 Å². The Bertz CT molecular complexity index is 797. The van der Waals surface area contributed by atoms with Gasteiger partial charge in [0.05, 0.1) is 13.0 Å². The molecule has 144 valence electrons. The van der Waals surface area contributed by atoms with Crippen molar-refractivity contribution in [1.82, 2.24) is 5.16 Å². The maximum absolute atomic E-state index is 12.1. The van der Waals surface area contributed by atoms with Crippen LogP contribution in [-0.2, 0) is 14.3 Å². The summed E-state index contributed by atoms with van der Waals surface area (Å²) in [6.45, 7) is 5.01. The lowest BCUT2D eigenvalue weighted by Gasteiger charge is -2.15. The lowest BCUT2D eigenvalue weighted by atomic mass is 10.1. The Kier molecular flexibility index (Phi) is 7.10. The number of carbonyl (C=O) groups is 3. The molecule has 0 saturated heterocycles. The summed E-state index contributed by atoms with van der Waals surface area (Å²) in [5.74, 6) is 0.315. The van der Waals surface area contributed by atoms with Crippen molar-refractivity contribution in [3.8, 4) is 5.75 Å². The Labute approximate surface area is 156 Å². The topological polar surface area (TPSA) is 108 Å². The summed E-state index contributed by atoms with van der Waals surface area (Å²) < 4.78 is 15.5. The maximum atomic E-state index is 12.1. The Balaban J connectivity index is 1.77. The molecule has 0 bridgehead atoms. The van der Waals surface area contributed by atoms with E-state index in [0.29, 0.717) is 23.5 Å². The van der Waals surface area contributed by atoms with Crippen LogP contribution in [0.15, 0.2) is 34.9 Å². The normalized spacial score (nSPS) is 11.5. The summed E-state index contributed by atoms with van der Waals surface area (Å²) in [5, 5.41) is 6.20. The molecular formula is C19H22N2O6. The van der Waals surface area contributed by atoms with Gasteiger partial charge in [-0.25, -0.2) is 0 Å². The van der Waals surface area contributed by atoms with Gasteiger partial charge in [-0.05, 0) is 44.5 Å². The van der Waals surface area contributed by atoms with Gasteiger partial charge in [0, 0.05) is 11.6 Å². The number of Topliss-reactive ketones (excluding diaryl/α,β-unsaturated/α-hetero) is 1. The Morgan fingerprint density at radius 2 is 1.93 bits per heavy atom. The van der Waals surface area contributed by atoms with E-state index in [1.54, 1.807) is 44.2 Å². The zero-order valence-electron chi connectivity index (χ0n) is 15.5. The van der Waals surface area contributed by atoms with Crippen molar-refractivity contribution < 1.29 is 28.4 Å². The number of aromatic nitrogens is 1. The summed E-state index contributed by atoms with van der Waals surface area (Å²) in [7, 11) is 0. The molecule has 0 aliphatic carbocycles. The quantitative estimate of drug-likeness (QED) is 0.531. The second kappa shape index (κ2) is 9.51. The van der Waals surface area contributed by atoms with Crippen molar-refractivity contribution in [2.45, 2.75) is 39.7 Å². The number of hydrogen-bond acceptors (Lipinski definition) is 7. The number of nitrogens with zero attached hydrogens (tertiary/aromatic N) is 1. The second-order valence-electron chi connectivity index (χ2n) is 5.88. The lowest BCUT2D eigenvalue weighted by molar-refractivity contribution is -0.154. The van der Waals surface area contributed by atoms with E-state index in [1.807, 2.05) is 0 Å². The fourth-order valence-electron chi connectivity index (χ4n) is 2.21. The van der Waals surface area contributed by atoms with Crippen LogP contribution in [0.3, 0.4) is 0 Å². The summed E-state index contributed by atoms with van der Waals surface area (Å²) >= 11 is 0. The number of aryl methyl sites for hydroxylation is 1. The predicted molar refractivity (Wildman–Crippen MR) is 96.6 cm³/mol. The van der Waals surface area contributed by atoms with Crippen LogP contribution < -0.4 is 10.1 Å². The van der Waals surface area contributed by atoms with Gasteiger partial charge in [0.1, 0.15) is 11.5 Å². The van der Waals surface area contributed by atoms with Gasteiger partial charge >= 0.3 is 5.97 Å². The summed E-state index contributed by atoms with van der Waals surface area (Å²) in [6, 6.07) is 8.18. The van der Waals surface area contributed by atoms with Crippen LogP contribution in [-0.4, -0.2) is 35.5 Å². The number of nitrogens with one attached hydrogen (secondary N) is 1. The molecule has 1 atom stereocenters. The molecule has 8 nitrogen and oxygen atoms in total. The molecule has 0 spiro atoms. The lowest BCUT2D eigenvalue weighted by Crippen LogP contribution is -2.32. The van der Waals surface area contributed by atoms with Gasteiger partial charge in [-0.15, -0.1) is 0 Å². The fraction of sp³-hybridized carbons (Fsp3) is 0.368. The highest BCUT2D eigenvalue weighted by atomic mass is 16.6. The van der Waals surface area contributed by atoms with Gasteiger partial charge in [0.25, 0.3) is 5.91 Å². The number of ketones is 1. The van der Waals surface area contributed by atoms with E-state index in [-0.39, 0.29) is 24.6 Å². The number of esters is 1. The molecular weight excluding hydrogens is 352 g/mol. The highest BCUT2D eigenvalue weighted by Crippen LogP contribution is 2.13. The molecule has 2 aromatic rings. The molecule has 1 amide bonds. The maximum Gasteiger partial charge on any atom is 0.310 e. The van der Waals surface area contributed by atoms with Gasteiger partial charge in [0.15, 0.2) is 17.7 Å². The van der Waals surface area contributed by atoms with Crippen molar-refractivity contribution >= 4 is 23.5 Å². The summed E-state index contributed by atoms with van der Waals surface area (Å²) in [6.07, 6.45) is -0.618. The van der Waals surface area contributed by atoms with Crippen LogP contribution >= 0.6 is 0 Å². The highest BCUT2D eigenvalue weighted by Gasteiger charge is 2.22. The van der Waals surface area contributed by atoms with E-state index in [2.05, 4.69) is 10.5 Å². The Morgan fingerprint density at radius 3 is 2.48 bits per heavy atom. The minimum atomic E-state index is -0.927. The zero-order valence-corrected chi connectivity index (χ0v) is 15.5. The fourth-order valence-corrected chi connectivity index (χ4v) is 2.21. The van der Waals surface area contributed by atoms with Crippen LogP contribution in [0.4, 0.5) is 5.82 Å². The summed E-state index contributed by atoms with van der Waals surface area (Å²) in [4.78, 5) is 35.3. The first kappa shape index (κ1) is 20.2. The van der Waals surface area contributed by atoms with Crippen molar-refractivity contribution in [3.05, 3.63) is 41.7 Å². The number of benzene rings is 1. The number of rotatable bonds is 9. The zero-order chi connectivity index (χ0) is 19.8. The van der Waals surface area contributed by atoms with Gasteiger partial charge in [-0.1, -0.05) is 12.1 Å². The third kappa shape index (κ3) is 6.25. The molecule has 27 heavy (non-hydrogen) atoms. The molecule has 1 unspecified atom stereocenters. The first-order valence-corrected chi connectivity index (χ1v) is 8.56. The van der Waals surface area contributed by atoms with Gasteiger partial charge in [0.2, 0.25) is 0 Å². The molecule has 0 fully saturated rings. The molecule has 0 aliphatic rings.